The molecule has 1 saturated heterocycles. The Balaban J connectivity index is 1.75. The van der Waals surface area contributed by atoms with E-state index in [0.29, 0.717) is 22.0 Å². The highest BCUT2D eigenvalue weighted by Gasteiger charge is 2.29. The van der Waals surface area contributed by atoms with Crippen molar-refractivity contribution in [2.24, 2.45) is 0 Å². The molecule has 11 nitrogen and oxygen atoms in total. The highest BCUT2D eigenvalue weighted by molar-refractivity contribution is 7.89. The Morgan fingerprint density at radius 2 is 1.94 bits per heavy atom. The van der Waals surface area contributed by atoms with E-state index in [1.54, 1.807) is 19.1 Å². The van der Waals surface area contributed by atoms with Crippen LogP contribution in [0.4, 0.5) is 11.4 Å². The molecule has 1 heterocycles. The van der Waals surface area contributed by atoms with E-state index in [0.717, 1.165) is 12.1 Å². The lowest BCUT2D eigenvalue weighted by molar-refractivity contribution is -0.386. The number of nitrogens with zero attached hydrogens (tertiary/aromatic N) is 2. The predicted octanol–water partition coefficient (Wildman–Crippen LogP) is 2.60. The smallest absolute Gasteiger partial charge is 0.312 e. The van der Waals surface area contributed by atoms with Crippen LogP contribution in [0.5, 0.6) is 11.5 Å². The van der Waals surface area contributed by atoms with Gasteiger partial charge in [0.1, 0.15) is 5.75 Å². The number of nitro benzene ring substituents is 1. The number of nitrogens with one attached hydrogen (secondary N) is 1. The second-order valence-electron chi connectivity index (χ2n) is 7.04. The number of sulfonamides is 1. The Morgan fingerprint density at radius 1 is 1.24 bits per heavy atom. The number of aryl methyl sites for hydroxylation is 1. The van der Waals surface area contributed by atoms with E-state index < -0.39 is 33.1 Å². The van der Waals surface area contributed by atoms with Crippen molar-refractivity contribution in [2.75, 3.05) is 45.3 Å². The van der Waals surface area contributed by atoms with Gasteiger partial charge in [-0.15, -0.1) is 0 Å². The molecule has 0 bridgehead atoms. The van der Waals surface area contributed by atoms with E-state index in [4.69, 9.17) is 25.8 Å². The molecular formula is C20H22ClN3O8S. The summed E-state index contributed by atoms with van der Waals surface area (Å²) in [6.07, 6.45) is 0. The summed E-state index contributed by atoms with van der Waals surface area (Å²) in [7, 11) is -2.51. The molecule has 2 aromatic rings. The zero-order valence-corrected chi connectivity index (χ0v) is 19.4. The summed E-state index contributed by atoms with van der Waals surface area (Å²) in [5.41, 5.74) is 0.493. The lowest BCUT2D eigenvalue weighted by atomic mass is 10.2. The average molecular weight is 500 g/mol. The maximum Gasteiger partial charge on any atom is 0.312 e. The van der Waals surface area contributed by atoms with E-state index >= 15 is 0 Å². The number of morpholine rings is 1. The first kappa shape index (κ1) is 24.7. The van der Waals surface area contributed by atoms with Crippen LogP contribution in [-0.2, 0) is 19.6 Å². The Labute approximate surface area is 195 Å². The summed E-state index contributed by atoms with van der Waals surface area (Å²) in [5.74, 6) is -0.507. The van der Waals surface area contributed by atoms with Gasteiger partial charge in [-0.05, 0) is 30.7 Å². The van der Waals surface area contributed by atoms with Crippen LogP contribution in [0.2, 0.25) is 5.02 Å². The molecule has 1 aliphatic heterocycles. The molecule has 1 fully saturated rings. The Morgan fingerprint density at radius 3 is 2.58 bits per heavy atom. The minimum atomic E-state index is -3.93. The van der Waals surface area contributed by atoms with Crippen molar-refractivity contribution in [3.05, 3.63) is 51.0 Å². The fourth-order valence-electron chi connectivity index (χ4n) is 3.12. The molecule has 0 aliphatic carbocycles. The standard InChI is InChI=1S/C20H22ClN3O8S/c1-13-9-16(19(30-2)11-15(13)21)22-20(25)12-32-18-4-3-14(10-17(18)24(26)27)33(28,29)23-5-7-31-8-6-23/h3-4,9-11H,5-8,12H2,1-2H3,(H,22,25). The highest BCUT2D eigenvalue weighted by Crippen LogP contribution is 2.32. The third-order valence-electron chi connectivity index (χ3n) is 4.85. The molecule has 178 valence electrons. The summed E-state index contributed by atoms with van der Waals surface area (Å²) >= 11 is 6.05. The Hall–Kier alpha value is -2.93. The van der Waals surface area contributed by atoms with Gasteiger partial charge in [0.05, 0.1) is 35.8 Å². The van der Waals surface area contributed by atoms with Gasteiger partial charge < -0.3 is 19.5 Å². The van der Waals surface area contributed by atoms with E-state index in [1.807, 2.05) is 0 Å². The number of nitro groups is 1. The van der Waals surface area contributed by atoms with Gasteiger partial charge in [-0.2, -0.15) is 4.31 Å². The van der Waals surface area contributed by atoms with Crippen molar-refractivity contribution in [2.45, 2.75) is 11.8 Å². The zero-order valence-electron chi connectivity index (χ0n) is 17.9. The van der Waals surface area contributed by atoms with E-state index in [2.05, 4.69) is 5.32 Å². The van der Waals surface area contributed by atoms with Crippen molar-refractivity contribution >= 4 is 38.9 Å². The average Bonchev–Trinajstić information content (AvgIpc) is 2.80. The Bertz CT molecular complexity index is 1170. The van der Waals surface area contributed by atoms with Crippen LogP contribution in [-0.4, -0.2) is 63.6 Å². The van der Waals surface area contributed by atoms with Crippen molar-refractivity contribution < 1.29 is 32.3 Å². The number of carbonyl (C=O) groups excluding carboxylic acids is 1. The number of methoxy groups -OCH3 is 1. The van der Waals surface area contributed by atoms with Gasteiger partial charge in [0, 0.05) is 30.2 Å². The first-order valence-corrected chi connectivity index (χ1v) is 11.6. The van der Waals surface area contributed by atoms with Crippen LogP contribution >= 0.6 is 11.6 Å². The van der Waals surface area contributed by atoms with Crippen LogP contribution in [0.3, 0.4) is 0 Å². The van der Waals surface area contributed by atoms with Gasteiger partial charge in [0.25, 0.3) is 5.91 Å². The fourth-order valence-corrected chi connectivity index (χ4v) is 4.70. The number of rotatable bonds is 8. The zero-order chi connectivity index (χ0) is 24.2. The molecule has 1 amide bonds. The molecule has 2 aromatic carbocycles. The molecule has 13 heteroatoms. The monoisotopic (exact) mass is 499 g/mol. The van der Waals surface area contributed by atoms with Gasteiger partial charge in [0.15, 0.2) is 12.4 Å². The fraction of sp³-hybridized carbons (Fsp3) is 0.350. The third kappa shape index (κ3) is 5.71. The summed E-state index contributed by atoms with van der Waals surface area (Å²) in [6.45, 7) is 2.00. The maximum atomic E-state index is 12.8. The first-order valence-electron chi connectivity index (χ1n) is 9.76. The van der Waals surface area contributed by atoms with Gasteiger partial charge in [-0.3, -0.25) is 14.9 Å². The highest BCUT2D eigenvalue weighted by atomic mass is 35.5. The number of amides is 1. The molecule has 0 aromatic heterocycles. The first-order chi connectivity index (χ1) is 15.6. The number of carbonyl (C=O) groups is 1. The van der Waals surface area contributed by atoms with Gasteiger partial charge in [-0.25, -0.2) is 8.42 Å². The molecule has 0 saturated carbocycles. The Kier molecular flexibility index (Phi) is 7.74. The van der Waals surface area contributed by atoms with Crippen LogP contribution in [0.15, 0.2) is 35.2 Å². The van der Waals surface area contributed by atoms with E-state index in [1.165, 1.54) is 17.5 Å². The van der Waals surface area contributed by atoms with E-state index in [-0.39, 0.29) is 36.9 Å². The number of benzene rings is 2. The molecule has 33 heavy (non-hydrogen) atoms. The quantitative estimate of drug-likeness (QED) is 0.432. The molecular weight excluding hydrogens is 478 g/mol. The minimum Gasteiger partial charge on any atom is -0.495 e. The van der Waals surface area contributed by atoms with Crippen LogP contribution in [0.1, 0.15) is 5.56 Å². The maximum absolute atomic E-state index is 12.8. The molecule has 0 radical (unpaired) electrons. The van der Waals surface area contributed by atoms with Gasteiger partial charge in [-0.1, -0.05) is 11.6 Å². The van der Waals surface area contributed by atoms with Gasteiger partial charge >= 0.3 is 5.69 Å². The molecule has 0 unspecified atom stereocenters. The second kappa shape index (κ2) is 10.3. The van der Waals surface area contributed by atoms with E-state index in [9.17, 15) is 23.3 Å². The predicted molar refractivity (Wildman–Crippen MR) is 120 cm³/mol. The van der Waals surface area contributed by atoms with Crippen LogP contribution in [0, 0.1) is 17.0 Å². The van der Waals surface area contributed by atoms with Crippen LogP contribution in [0.25, 0.3) is 0 Å². The van der Waals surface area contributed by atoms with Gasteiger partial charge in [0.2, 0.25) is 10.0 Å². The summed E-state index contributed by atoms with van der Waals surface area (Å²) in [4.78, 5) is 22.9. The second-order valence-corrected chi connectivity index (χ2v) is 9.39. The number of ether oxygens (including phenoxy) is 3. The minimum absolute atomic E-state index is 0.155. The number of hydrogen-bond donors (Lipinski definition) is 1. The van der Waals surface area contributed by atoms with Crippen LogP contribution < -0.4 is 14.8 Å². The topological polar surface area (TPSA) is 137 Å². The molecule has 1 aliphatic rings. The lowest BCUT2D eigenvalue weighted by Gasteiger charge is -2.26. The third-order valence-corrected chi connectivity index (χ3v) is 7.15. The SMILES string of the molecule is COc1cc(Cl)c(C)cc1NC(=O)COc1ccc(S(=O)(=O)N2CCOCC2)cc1[N+](=O)[O-]. The van der Waals surface area contributed by atoms with Crippen molar-refractivity contribution in [1.29, 1.82) is 0 Å². The molecule has 1 N–H and O–H groups in total. The van der Waals surface area contributed by atoms with Crippen molar-refractivity contribution in [3.8, 4) is 11.5 Å². The summed E-state index contributed by atoms with van der Waals surface area (Å²) in [5, 5.41) is 14.6. The molecule has 0 spiro atoms. The normalized spacial score (nSPS) is 14.5. The molecule has 3 rings (SSSR count). The summed E-state index contributed by atoms with van der Waals surface area (Å²) in [6, 6.07) is 6.45. The number of anilines is 1. The number of halogens is 1. The van der Waals surface area contributed by atoms with Crippen molar-refractivity contribution in [3.63, 3.8) is 0 Å². The summed E-state index contributed by atoms with van der Waals surface area (Å²) < 4.78 is 42.4. The number of hydrogen-bond acceptors (Lipinski definition) is 8. The lowest BCUT2D eigenvalue weighted by Crippen LogP contribution is -2.40. The molecule has 0 atom stereocenters. The largest absolute Gasteiger partial charge is 0.495 e. The van der Waals surface area contributed by atoms with Crippen molar-refractivity contribution in [1.82, 2.24) is 4.31 Å².